The van der Waals surface area contributed by atoms with Crippen molar-refractivity contribution >= 4 is 21.6 Å². The summed E-state index contributed by atoms with van der Waals surface area (Å²) in [6.07, 6.45) is 0. The maximum atomic E-state index is 11.3. The number of benzene rings is 1. The highest BCUT2D eigenvalue weighted by Gasteiger charge is 2.13. The number of nitrogens with one attached hydrogen (secondary N) is 1. The van der Waals surface area contributed by atoms with Crippen molar-refractivity contribution in [2.45, 2.75) is 13.5 Å². The van der Waals surface area contributed by atoms with Crippen LogP contribution in [0.5, 0.6) is 0 Å². The summed E-state index contributed by atoms with van der Waals surface area (Å²) < 4.78 is 30.3. The van der Waals surface area contributed by atoms with Crippen molar-refractivity contribution in [1.82, 2.24) is 14.9 Å². The highest BCUT2D eigenvalue weighted by atomic mass is 35.5. The lowest BCUT2D eigenvalue weighted by Crippen LogP contribution is -2.24. The summed E-state index contributed by atoms with van der Waals surface area (Å²) in [5, 5.41) is 8.10. The van der Waals surface area contributed by atoms with E-state index in [1.165, 1.54) is 0 Å². The van der Waals surface area contributed by atoms with Gasteiger partial charge in [-0.05, 0) is 19.1 Å². The Balaban J connectivity index is 2.14. The lowest BCUT2D eigenvalue weighted by atomic mass is 10.2. The van der Waals surface area contributed by atoms with Crippen molar-refractivity contribution < 1.29 is 12.8 Å². The largest absolute Gasteiger partial charge is 0.419 e. The second-order valence-corrected chi connectivity index (χ2v) is 6.21. The molecule has 8 heteroatoms. The molecule has 0 aliphatic carbocycles. The molecule has 1 aromatic carbocycles. The van der Waals surface area contributed by atoms with Crippen LogP contribution in [0.25, 0.3) is 11.5 Å². The van der Waals surface area contributed by atoms with Gasteiger partial charge in [0.05, 0.1) is 22.9 Å². The summed E-state index contributed by atoms with van der Waals surface area (Å²) in [5.41, 5.74) is 0.612. The Hall–Kier alpha value is -1.44. The molecule has 0 radical (unpaired) electrons. The van der Waals surface area contributed by atoms with Gasteiger partial charge < -0.3 is 4.42 Å². The van der Waals surface area contributed by atoms with E-state index < -0.39 is 10.0 Å². The van der Waals surface area contributed by atoms with Gasteiger partial charge in [0.2, 0.25) is 21.8 Å². The standard InChI is InChI=1S/C11H12ClN3O3S/c1-2-19(16,17)13-7-10-14-15-11(18-10)8-5-3-4-6-9(8)12/h3-6,13H,2,7H2,1H3. The van der Waals surface area contributed by atoms with Crippen LogP contribution in [0.1, 0.15) is 12.8 Å². The molecule has 0 bridgehead atoms. The molecular weight excluding hydrogens is 290 g/mol. The van der Waals surface area contributed by atoms with Gasteiger partial charge in [0.25, 0.3) is 0 Å². The van der Waals surface area contributed by atoms with Gasteiger partial charge in [-0.3, -0.25) is 0 Å². The molecule has 0 aliphatic heterocycles. The fourth-order valence-electron chi connectivity index (χ4n) is 1.34. The first kappa shape index (κ1) is 14.0. The second kappa shape index (κ2) is 5.68. The molecule has 2 aromatic rings. The average molecular weight is 302 g/mol. The topological polar surface area (TPSA) is 85.1 Å². The zero-order valence-corrected chi connectivity index (χ0v) is 11.7. The lowest BCUT2D eigenvalue weighted by molar-refractivity contribution is 0.494. The van der Waals surface area contributed by atoms with E-state index in [2.05, 4.69) is 14.9 Å². The summed E-state index contributed by atoms with van der Waals surface area (Å²) >= 11 is 6.00. The number of halogens is 1. The Labute approximate surface area is 115 Å². The maximum Gasteiger partial charge on any atom is 0.249 e. The van der Waals surface area contributed by atoms with Crippen LogP contribution < -0.4 is 4.72 Å². The van der Waals surface area contributed by atoms with Crippen LogP contribution in [-0.4, -0.2) is 24.4 Å². The van der Waals surface area contributed by atoms with Gasteiger partial charge in [-0.1, -0.05) is 23.7 Å². The number of aromatic nitrogens is 2. The first-order chi connectivity index (χ1) is 9.02. The van der Waals surface area contributed by atoms with Crippen LogP contribution in [0.3, 0.4) is 0 Å². The minimum atomic E-state index is -3.29. The molecule has 19 heavy (non-hydrogen) atoms. The van der Waals surface area contributed by atoms with Gasteiger partial charge in [-0.15, -0.1) is 10.2 Å². The van der Waals surface area contributed by atoms with E-state index in [0.29, 0.717) is 10.6 Å². The predicted octanol–water partition coefficient (Wildman–Crippen LogP) is 1.83. The predicted molar refractivity (Wildman–Crippen MR) is 71.0 cm³/mol. The Bertz CT molecular complexity index is 669. The van der Waals surface area contributed by atoms with Gasteiger partial charge >= 0.3 is 0 Å². The molecular formula is C11H12ClN3O3S. The van der Waals surface area contributed by atoms with E-state index in [1.54, 1.807) is 31.2 Å². The third-order valence-electron chi connectivity index (χ3n) is 2.39. The Morgan fingerprint density at radius 1 is 1.32 bits per heavy atom. The van der Waals surface area contributed by atoms with Crippen LogP contribution in [0.2, 0.25) is 5.02 Å². The van der Waals surface area contributed by atoms with E-state index in [0.717, 1.165) is 0 Å². The fourth-order valence-corrected chi connectivity index (χ4v) is 2.11. The molecule has 2 rings (SSSR count). The lowest BCUT2D eigenvalue weighted by Gasteiger charge is -2.00. The molecule has 1 aromatic heterocycles. The van der Waals surface area contributed by atoms with Crippen LogP contribution >= 0.6 is 11.6 Å². The maximum absolute atomic E-state index is 11.3. The van der Waals surface area contributed by atoms with Gasteiger partial charge in [-0.2, -0.15) is 0 Å². The van der Waals surface area contributed by atoms with Crippen LogP contribution in [0.15, 0.2) is 28.7 Å². The Kier molecular flexibility index (Phi) is 4.18. The van der Waals surface area contributed by atoms with Gasteiger partial charge in [0.15, 0.2) is 0 Å². The molecule has 0 spiro atoms. The van der Waals surface area contributed by atoms with Crippen LogP contribution in [0, 0.1) is 0 Å². The van der Waals surface area contributed by atoms with E-state index >= 15 is 0 Å². The number of hydrogen-bond acceptors (Lipinski definition) is 5. The van der Waals surface area contributed by atoms with Crippen molar-refractivity contribution in [3.05, 3.63) is 35.2 Å². The molecule has 0 saturated carbocycles. The molecule has 0 aliphatic rings. The number of hydrogen-bond donors (Lipinski definition) is 1. The Morgan fingerprint density at radius 3 is 2.74 bits per heavy atom. The number of nitrogens with zero attached hydrogens (tertiary/aromatic N) is 2. The smallest absolute Gasteiger partial charge is 0.249 e. The third-order valence-corrected chi connectivity index (χ3v) is 4.07. The molecule has 0 unspecified atom stereocenters. The molecule has 0 amide bonds. The molecule has 0 atom stereocenters. The molecule has 1 heterocycles. The summed E-state index contributed by atoms with van der Waals surface area (Å²) in [4.78, 5) is 0. The highest BCUT2D eigenvalue weighted by molar-refractivity contribution is 7.89. The van der Waals surface area contributed by atoms with Crippen molar-refractivity contribution in [2.75, 3.05) is 5.75 Å². The first-order valence-corrected chi connectivity index (χ1v) is 7.59. The van der Waals surface area contributed by atoms with E-state index in [1.807, 2.05) is 0 Å². The molecule has 6 nitrogen and oxygen atoms in total. The van der Waals surface area contributed by atoms with Gasteiger partial charge in [0.1, 0.15) is 0 Å². The molecule has 0 fully saturated rings. The van der Waals surface area contributed by atoms with Crippen molar-refractivity contribution in [2.24, 2.45) is 0 Å². The van der Waals surface area contributed by atoms with Crippen LogP contribution in [-0.2, 0) is 16.6 Å². The molecule has 1 N–H and O–H groups in total. The van der Waals surface area contributed by atoms with Gasteiger partial charge in [-0.25, -0.2) is 13.1 Å². The highest BCUT2D eigenvalue weighted by Crippen LogP contribution is 2.26. The minimum absolute atomic E-state index is 0.00148. The summed E-state index contributed by atoms with van der Waals surface area (Å²) in [6.45, 7) is 1.51. The zero-order chi connectivity index (χ0) is 13.9. The summed E-state index contributed by atoms with van der Waals surface area (Å²) in [5.74, 6) is 0.446. The Morgan fingerprint density at radius 2 is 2.05 bits per heavy atom. The van der Waals surface area contributed by atoms with E-state index in [4.69, 9.17) is 16.0 Å². The van der Waals surface area contributed by atoms with Gasteiger partial charge in [0, 0.05) is 0 Å². The zero-order valence-electron chi connectivity index (χ0n) is 10.1. The number of sulfonamides is 1. The third kappa shape index (κ3) is 3.52. The first-order valence-electron chi connectivity index (χ1n) is 5.56. The molecule has 0 saturated heterocycles. The second-order valence-electron chi connectivity index (χ2n) is 3.71. The minimum Gasteiger partial charge on any atom is -0.419 e. The summed E-state index contributed by atoms with van der Waals surface area (Å²) in [7, 11) is -3.29. The van der Waals surface area contributed by atoms with E-state index in [9.17, 15) is 8.42 Å². The SMILES string of the molecule is CCS(=O)(=O)NCc1nnc(-c2ccccc2Cl)o1. The fraction of sp³-hybridized carbons (Fsp3) is 0.273. The normalized spacial score (nSPS) is 11.7. The number of rotatable bonds is 5. The van der Waals surface area contributed by atoms with Crippen molar-refractivity contribution in [3.63, 3.8) is 0 Å². The van der Waals surface area contributed by atoms with Crippen molar-refractivity contribution in [3.8, 4) is 11.5 Å². The quantitative estimate of drug-likeness (QED) is 0.910. The molecule has 102 valence electrons. The van der Waals surface area contributed by atoms with Crippen LogP contribution in [0.4, 0.5) is 0 Å². The van der Waals surface area contributed by atoms with E-state index in [-0.39, 0.29) is 24.1 Å². The average Bonchev–Trinajstić information content (AvgIpc) is 2.86. The monoisotopic (exact) mass is 301 g/mol. The van der Waals surface area contributed by atoms with Crippen molar-refractivity contribution in [1.29, 1.82) is 0 Å². The summed E-state index contributed by atoms with van der Waals surface area (Å²) in [6, 6.07) is 7.04.